The van der Waals surface area contributed by atoms with Crippen LogP contribution in [0.2, 0.25) is 0 Å². The van der Waals surface area contributed by atoms with Gasteiger partial charge in [-0.3, -0.25) is 10.1 Å². The van der Waals surface area contributed by atoms with Crippen molar-refractivity contribution in [2.45, 2.75) is 37.9 Å². The van der Waals surface area contributed by atoms with Crippen molar-refractivity contribution in [3.63, 3.8) is 0 Å². The summed E-state index contributed by atoms with van der Waals surface area (Å²) in [6, 6.07) is 9.39. The van der Waals surface area contributed by atoms with Gasteiger partial charge in [0, 0.05) is 17.4 Å². The van der Waals surface area contributed by atoms with Crippen molar-refractivity contribution in [3.8, 4) is 0 Å². The first-order valence-corrected chi connectivity index (χ1v) is 7.05. The Bertz CT molecular complexity index is 437. The number of aliphatic hydroxyl groups is 1. The van der Waals surface area contributed by atoms with Crippen LogP contribution in [0.3, 0.4) is 0 Å². The van der Waals surface area contributed by atoms with Crippen LogP contribution in [0.15, 0.2) is 30.3 Å². The van der Waals surface area contributed by atoms with E-state index in [-0.39, 0.29) is 42.1 Å². The Morgan fingerprint density at radius 2 is 2.10 bits per heavy atom. The van der Waals surface area contributed by atoms with Gasteiger partial charge in [0.05, 0.1) is 18.1 Å². The Morgan fingerprint density at radius 3 is 2.60 bits per heavy atom. The number of aliphatic hydroxyl groups excluding tert-OH is 1. The van der Waals surface area contributed by atoms with E-state index in [4.69, 9.17) is 4.74 Å². The molecule has 0 radical (unpaired) electrons. The van der Waals surface area contributed by atoms with E-state index in [1.54, 1.807) is 0 Å². The number of nitrogens with zero attached hydrogens (tertiary/aromatic N) is 1. The molecular formula is C15H21NO4. The fraction of sp³-hybridized carbons (Fsp3) is 0.600. The molecule has 0 aliphatic carbocycles. The largest absolute Gasteiger partial charge is 0.396 e. The first-order valence-electron chi connectivity index (χ1n) is 7.05. The highest BCUT2D eigenvalue weighted by Gasteiger charge is 2.37. The third-order valence-electron chi connectivity index (χ3n) is 4.04. The Kier molecular flexibility index (Phi) is 5.09. The molecule has 20 heavy (non-hydrogen) atoms. The Morgan fingerprint density at radius 1 is 1.40 bits per heavy atom. The van der Waals surface area contributed by atoms with Crippen LogP contribution < -0.4 is 0 Å². The van der Waals surface area contributed by atoms with Crippen LogP contribution in [0.5, 0.6) is 0 Å². The first-order chi connectivity index (χ1) is 9.61. The molecule has 1 fully saturated rings. The van der Waals surface area contributed by atoms with Gasteiger partial charge in [-0.2, -0.15) is 0 Å². The van der Waals surface area contributed by atoms with Crippen LogP contribution in [0.25, 0.3) is 0 Å². The van der Waals surface area contributed by atoms with E-state index in [2.05, 4.69) is 0 Å². The molecule has 1 aliphatic rings. The zero-order chi connectivity index (χ0) is 14.5. The minimum atomic E-state index is -0.313. The smallest absolute Gasteiger partial charge is 0.211 e. The lowest BCUT2D eigenvalue weighted by Gasteiger charge is -2.28. The van der Waals surface area contributed by atoms with Gasteiger partial charge in [-0.1, -0.05) is 30.3 Å². The predicted octanol–water partition coefficient (Wildman–Crippen LogP) is 2.22. The van der Waals surface area contributed by atoms with Crippen LogP contribution in [0.4, 0.5) is 0 Å². The van der Waals surface area contributed by atoms with E-state index in [1.165, 1.54) is 0 Å². The highest BCUT2D eigenvalue weighted by Crippen LogP contribution is 2.34. The fourth-order valence-corrected chi connectivity index (χ4v) is 3.00. The molecule has 0 spiro atoms. The summed E-state index contributed by atoms with van der Waals surface area (Å²) in [4.78, 5) is 10.7. The predicted molar refractivity (Wildman–Crippen MR) is 75.2 cm³/mol. The topological polar surface area (TPSA) is 72.6 Å². The molecule has 1 aromatic carbocycles. The molecule has 0 saturated carbocycles. The number of nitro groups is 1. The summed E-state index contributed by atoms with van der Waals surface area (Å²) in [5.41, 5.74) is 0.895. The number of rotatable bonds is 6. The summed E-state index contributed by atoms with van der Waals surface area (Å²) in [5.74, 6) is -0.542. The lowest BCUT2D eigenvalue weighted by Crippen LogP contribution is -2.33. The van der Waals surface area contributed by atoms with Gasteiger partial charge in [0.15, 0.2) is 0 Å². The minimum absolute atomic E-state index is 0.0925. The van der Waals surface area contributed by atoms with Crippen LogP contribution in [0, 0.1) is 16.0 Å². The average Bonchev–Trinajstić information content (AvgIpc) is 2.85. The Labute approximate surface area is 118 Å². The average molecular weight is 279 g/mol. The lowest BCUT2D eigenvalue weighted by molar-refractivity contribution is -0.485. The summed E-state index contributed by atoms with van der Waals surface area (Å²) < 4.78 is 5.82. The van der Waals surface area contributed by atoms with Crippen molar-refractivity contribution in [1.29, 1.82) is 0 Å². The molecule has 5 heteroatoms. The standard InChI is InChI=1S/C15H21NO4/c1-11-7-8-15(20-11)14(10-17)13(9-16(18)19)12-5-3-2-4-6-12/h2-6,11,13-15,17H,7-10H2,1H3/t11-,13-,14+,15-/m1/s1. The molecule has 0 aromatic heterocycles. The maximum absolute atomic E-state index is 11.0. The normalized spacial score (nSPS) is 25.3. The molecule has 4 atom stereocenters. The van der Waals surface area contributed by atoms with Crippen molar-refractivity contribution in [2.75, 3.05) is 13.2 Å². The fourth-order valence-electron chi connectivity index (χ4n) is 3.00. The number of hydrogen-bond acceptors (Lipinski definition) is 4. The van der Waals surface area contributed by atoms with Gasteiger partial charge in [-0.25, -0.2) is 0 Å². The molecule has 1 heterocycles. The van der Waals surface area contributed by atoms with Crippen molar-refractivity contribution in [3.05, 3.63) is 46.0 Å². The van der Waals surface area contributed by atoms with Gasteiger partial charge in [0.25, 0.3) is 0 Å². The first kappa shape index (κ1) is 14.9. The molecule has 0 amide bonds. The van der Waals surface area contributed by atoms with Gasteiger partial charge in [-0.15, -0.1) is 0 Å². The zero-order valence-corrected chi connectivity index (χ0v) is 11.6. The number of hydrogen-bond donors (Lipinski definition) is 1. The third-order valence-corrected chi connectivity index (χ3v) is 4.04. The van der Waals surface area contributed by atoms with Gasteiger partial charge in [-0.05, 0) is 25.3 Å². The van der Waals surface area contributed by atoms with Crippen LogP contribution in [-0.2, 0) is 4.74 Å². The highest BCUT2D eigenvalue weighted by atomic mass is 16.6. The Balaban J connectivity index is 2.22. The van der Waals surface area contributed by atoms with E-state index >= 15 is 0 Å². The second kappa shape index (κ2) is 6.81. The number of benzene rings is 1. The summed E-state index contributed by atoms with van der Waals surface area (Å²) in [7, 11) is 0. The van der Waals surface area contributed by atoms with Crippen LogP contribution in [0.1, 0.15) is 31.2 Å². The van der Waals surface area contributed by atoms with Crippen LogP contribution in [-0.4, -0.2) is 35.4 Å². The molecule has 110 valence electrons. The van der Waals surface area contributed by atoms with Crippen molar-refractivity contribution < 1.29 is 14.8 Å². The molecule has 1 saturated heterocycles. The van der Waals surface area contributed by atoms with Gasteiger partial charge < -0.3 is 9.84 Å². The van der Waals surface area contributed by atoms with E-state index in [9.17, 15) is 15.2 Å². The van der Waals surface area contributed by atoms with Crippen molar-refractivity contribution >= 4 is 0 Å². The Hall–Kier alpha value is -1.46. The second-order valence-corrected chi connectivity index (χ2v) is 5.44. The maximum atomic E-state index is 11.0. The minimum Gasteiger partial charge on any atom is -0.396 e. The summed E-state index contributed by atoms with van der Waals surface area (Å²) in [6.07, 6.45) is 1.87. The van der Waals surface area contributed by atoms with Crippen molar-refractivity contribution in [2.24, 2.45) is 5.92 Å². The lowest BCUT2D eigenvalue weighted by atomic mass is 9.82. The van der Waals surface area contributed by atoms with Crippen LogP contribution >= 0.6 is 0 Å². The summed E-state index contributed by atoms with van der Waals surface area (Å²) in [5, 5.41) is 20.7. The number of ether oxygens (including phenoxy) is 1. The quantitative estimate of drug-likeness (QED) is 0.640. The molecule has 0 bridgehead atoms. The third kappa shape index (κ3) is 3.55. The van der Waals surface area contributed by atoms with Gasteiger partial charge >= 0.3 is 0 Å². The van der Waals surface area contributed by atoms with Gasteiger partial charge in [0.2, 0.25) is 6.54 Å². The molecule has 0 unspecified atom stereocenters. The second-order valence-electron chi connectivity index (χ2n) is 5.44. The van der Waals surface area contributed by atoms with Crippen molar-refractivity contribution in [1.82, 2.24) is 0 Å². The monoisotopic (exact) mass is 279 g/mol. The molecular weight excluding hydrogens is 258 g/mol. The molecule has 5 nitrogen and oxygen atoms in total. The zero-order valence-electron chi connectivity index (χ0n) is 11.6. The highest BCUT2D eigenvalue weighted by molar-refractivity contribution is 5.21. The molecule has 1 N–H and O–H groups in total. The summed E-state index contributed by atoms with van der Waals surface area (Å²) in [6.45, 7) is 1.73. The van der Waals surface area contributed by atoms with E-state index in [0.29, 0.717) is 0 Å². The summed E-state index contributed by atoms with van der Waals surface area (Å²) >= 11 is 0. The maximum Gasteiger partial charge on any atom is 0.211 e. The van der Waals surface area contributed by atoms with E-state index in [0.717, 1.165) is 18.4 Å². The molecule has 1 aromatic rings. The molecule has 2 rings (SSSR count). The van der Waals surface area contributed by atoms with Gasteiger partial charge in [0.1, 0.15) is 0 Å². The van der Waals surface area contributed by atoms with E-state index < -0.39 is 0 Å². The molecule has 1 aliphatic heterocycles. The SMILES string of the molecule is C[C@@H]1CC[C@H]([C@@H](CO)[C@H](C[N+](=O)[O-])c2ccccc2)O1. The van der Waals surface area contributed by atoms with E-state index in [1.807, 2.05) is 37.3 Å².